The Bertz CT molecular complexity index is 1500. The van der Waals surface area contributed by atoms with Gasteiger partial charge in [-0.2, -0.15) is 0 Å². The van der Waals surface area contributed by atoms with Crippen LogP contribution in [0.15, 0.2) is 74.6 Å². The molecule has 0 aliphatic heterocycles. The molecule has 1 aromatic heterocycles. The van der Waals surface area contributed by atoms with E-state index in [1.54, 1.807) is 0 Å². The standard InChI is InChI=1S/C17H14N6O8S2.K/c18-17-15(24)6-7-16(19-17)21-20-13-5-4-10(23(25)26)8-14(13)22-32(27,28)11-2-1-3-12(9-11)33(29,30)31;/h1-9,22,24H,(H2,18,19)(H,29,30,31);/q;+1/p-1. The fourth-order valence-corrected chi connectivity index (χ4v) is 4.13. The summed E-state index contributed by atoms with van der Waals surface area (Å²) in [4.78, 5) is 12.7. The first-order valence-electron chi connectivity index (χ1n) is 8.61. The molecule has 0 saturated carbocycles. The Morgan fingerprint density at radius 3 is 2.29 bits per heavy atom. The van der Waals surface area contributed by atoms with Gasteiger partial charge in [0.25, 0.3) is 15.7 Å². The van der Waals surface area contributed by atoms with Crippen molar-refractivity contribution in [3.8, 4) is 5.75 Å². The number of nitrogens with two attached hydrogens (primary N) is 1. The number of pyridine rings is 1. The fraction of sp³-hybridized carbons (Fsp3) is 0. The molecule has 0 amide bonds. The predicted octanol–water partition coefficient (Wildman–Crippen LogP) is -0.598. The molecular formula is C17H13KN6O8S2. The number of azo groups is 1. The Morgan fingerprint density at radius 2 is 1.68 bits per heavy atom. The van der Waals surface area contributed by atoms with Crippen molar-refractivity contribution in [1.29, 1.82) is 0 Å². The number of nitrogens with one attached hydrogen (secondary N) is 1. The van der Waals surface area contributed by atoms with E-state index in [1.165, 1.54) is 12.1 Å². The van der Waals surface area contributed by atoms with Gasteiger partial charge in [-0.1, -0.05) is 6.07 Å². The molecule has 0 radical (unpaired) electrons. The van der Waals surface area contributed by atoms with Crippen molar-refractivity contribution in [2.45, 2.75) is 9.79 Å². The zero-order chi connectivity index (χ0) is 24.4. The second-order valence-corrected chi connectivity index (χ2v) is 9.33. The number of hydrogen-bond acceptors (Lipinski definition) is 12. The summed E-state index contributed by atoms with van der Waals surface area (Å²) in [5.41, 5.74) is 4.46. The SMILES string of the molecule is Nc1nc(N=Nc2ccc([N+](=O)[O-])cc2NS(=O)(=O)c2cccc(S(=O)(=O)[O-])c2)ccc1O.[K+]. The molecule has 3 rings (SSSR count). The van der Waals surface area contributed by atoms with E-state index in [0.29, 0.717) is 6.07 Å². The molecule has 172 valence electrons. The number of benzene rings is 2. The number of sulfonamides is 1. The summed E-state index contributed by atoms with van der Waals surface area (Å²) < 4.78 is 61.2. The summed E-state index contributed by atoms with van der Waals surface area (Å²) in [6, 6.07) is 9.15. The Morgan fingerprint density at radius 1 is 1.00 bits per heavy atom. The van der Waals surface area contributed by atoms with E-state index in [4.69, 9.17) is 5.73 Å². The van der Waals surface area contributed by atoms with Crippen LogP contribution in [0.2, 0.25) is 0 Å². The molecule has 34 heavy (non-hydrogen) atoms. The maximum atomic E-state index is 12.8. The van der Waals surface area contributed by atoms with Crippen molar-refractivity contribution < 1.29 is 82.8 Å². The molecule has 4 N–H and O–H groups in total. The van der Waals surface area contributed by atoms with Crippen LogP contribution in [0.25, 0.3) is 0 Å². The Balaban J connectivity index is 0.00000408. The minimum atomic E-state index is -4.93. The second-order valence-electron chi connectivity index (χ2n) is 6.27. The van der Waals surface area contributed by atoms with Crippen molar-refractivity contribution in [2.24, 2.45) is 10.2 Å². The Labute approximate surface area is 235 Å². The summed E-state index contributed by atoms with van der Waals surface area (Å²) in [5, 5.41) is 28.1. The molecule has 0 atom stereocenters. The van der Waals surface area contributed by atoms with Gasteiger partial charge in [-0.15, -0.1) is 10.2 Å². The first kappa shape index (κ1) is 27.7. The van der Waals surface area contributed by atoms with Gasteiger partial charge in [0.2, 0.25) is 0 Å². The number of anilines is 2. The number of hydrogen-bond donors (Lipinski definition) is 3. The molecule has 0 unspecified atom stereocenters. The number of nitrogens with zero attached hydrogens (tertiary/aromatic N) is 4. The topological polar surface area (TPSA) is 230 Å². The first-order chi connectivity index (χ1) is 15.4. The zero-order valence-corrected chi connectivity index (χ0v) is 21.9. The summed E-state index contributed by atoms with van der Waals surface area (Å²) >= 11 is 0. The number of nitrogen functional groups attached to an aromatic ring is 1. The molecule has 3 aromatic rings. The van der Waals surface area contributed by atoms with E-state index < -0.39 is 40.5 Å². The van der Waals surface area contributed by atoms with E-state index in [1.807, 2.05) is 0 Å². The Kier molecular flexibility index (Phi) is 8.83. The van der Waals surface area contributed by atoms with Crippen LogP contribution < -0.4 is 61.8 Å². The van der Waals surface area contributed by atoms with Gasteiger partial charge >= 0.3 is 51.4 Å². The van der Waals surface area contributed by atoms with E-state index in [9.17, 15) is 36.6 Å². The molecule has 0 fully saturated rings. The monoisotopic (exact) mass is 532 g/mol. The van der Waals surface area contributed by atoms with Crippen LogP contribution in [-0.4, -0.2) is 36.4 Å². The smallest absolute Gasteiger partial charge is 0.744 e. The van der Waals surface area contributed by atoms with Gasteiger partial charge in [-0.25, -0.2) is 21.8 Å². The van der Waals surface area contributed by atoms with Gasteiger partial charge in [0.1, 0.15) is 15.8 Å². The predicted molar refractivity (Wildman–Crippen MR) is 113 cm³/mol. The maximum absolute atomic E-state index is 12.8. The normalized spacial score (nSPS) is 11.7. The molecule has 14 nitrogen and oxygen atoms in total. The van der Waals surface area contributed by atoms with Crippen LogP contribution in [0, 0.1) is 10.1 Å². The fourth-order valence-electron chi connectivity index (χ4n) is 2.42. The first-order valence-corrected chi connectivity index (χ1v) is 11.5. The summed E-state index contributed by atoms with van der Waals surface area (Å²) in [6.07, 6.45) is 0. The number of aromatic hydroxyl groups is 1. The minimum Gasteiger partial charge on any atom is -0.744 e. The summed E-state index contributed by atoms with van der Waals surface area (Å²) in [6.45, 7) is 0. The van der Waals surface area contributed by atoms with Crippen molar-refractivity contribution >= 4 is 48.8 Å². The van der Waals surface area contributed by atoms with E-state index in [2.05, 4.69) is 19.9 Å². The number of aromatic nitrogens is 1. The van der Waals surface area contributed by atoms with E-state index >= 15 is 0 Å². The number of non-ortho nitro benzene ring substituents is 1. The van der Waals surface area contributed by atoms with Gasteiger partial charge in [0, 0.05) is 12.1 Å². The van der Waals surface area contributed by atoms with Crippen molar-refractivity contribution in [3.05, 3.63) is 64.7 Å². The minimum absolute atomic E-state index is 0. The van der Waals surface area contributed by atoms with E-state index in [0.717, 1.165) is 36.4 Å². The van der Waals surface area contributed by atoms with Crippen LogP contribution >= 0.6 is 0 Å². The average Bonchev–Trinajstić information content (AvgIpc) is 2.74. The molecule has 0 saturated heterocycles. The van der Waals surface area contributed by atoms with Crippen LogP contribution in [0.1, 0.15) is 0 Å². The molecule has 0 aliphatic rings. The summed E-state index contributed by atoms with van der Waals surface area (Å²) in [7, 11) is -9.43. The van der Waals surface area contributed by atoms with Crippen LogP contribution in [0.3, 0.4) is 0 Å². The third-order valence-corrected chi connectivity index (χ3v) is 6.18. The molecule has 0 aliphatic carbocycles. The molecule has 0 spiro atoms. The molecule has 1 heterocycles. The molecule has 17 heteroatoms. The zero-order valence-electron chi connectivity index (χ0n) is 17.2. The third kappa shape index (κ3) is 6.76. The van der Waals surface area contributed by atoms with Crippen LogP contribution in [0.4, 0.5) is 28.7 Å². The van der Waals surface area contributed by atoms with E-state index in [-0.39, 0.29) is 80.1 Å². The quantitative estimate of drug-likeness (QED) is 0.115. The molecule has 2 aromatic carbocycles. The van der Waals surface area contributed by atoms with Gasteiger partial charge in [0.05, 0.1) is 20.4 Å². The van der Waals surface area contributed by atoms with Crippen LogP contribution in [-0.2, 0) is 20.1 Å². The van der Waals surface area contributed by atoms with Crippen molar-refractivity contribution in [2.75, 3.05) is 10.5 Å². The van der Waals surface area contributed by atoms with Crippen molar-refractivity contribution in [3.63, 3.8) is 0 Å². The van der Waals surface area contributed by atoms with Crippen molar-refractivity contribution in [1.82, 2.24) is 4.98 Å². The number of rotatable bonds is 7. The van der Waals surface area contributed by atoms with Gasteiger partial charge < -0.3 is 15.4 Å². The molecule has 0 bridgehead atoms. The Hall–Kier alpha value is -2.51. The average molecular weight is 533 g/mol. The maximum Gasteiger partial charge on any atom is 1.00 e. The van der Waals surface area contributed by atoms with Gasteiger partial charge in [-0.3, -0.25) is 14.8 Å². The molecular weight excluding hydrogens is 519 g/mol. The third-order valence-electron chi connectivity index (χ3n) is 3.99. The number of nitro benzene ring substituents is 1. The second kappa shape index (κ2) is 10.8. The van der Waals surface area contributed by atoms with Gasteiger partial charge in [-0.05, 0) is 36.4 Å². The van der Waals surface area contributed by atoms with Gasteiger partial charge in [0.15, 0.2) is 17.4 Å². The number of nitro groups is 1. The van der Waals surface area contributed by atoms with Crippen LogP contribution in [0.5, 0.6) is 5.75 Å². The summed E-state index contributed by atoms with van der Waals surface area (Å²) in [5.74, 6) is -0.574. The largest absolute Gasteiger partial charge is 1.00 e.